The highest BCUT2D eigenvalue weighted by Gasteiger charge is 2.28. The number of hydrogen-bond donors (Lipinski definition) is 2. The number of anilines is 1. The van der Waals surface area contributed by atoms with E-state index in [-0.39, 0.29) is 23.3 Å². The SMILES string of the molecule is O=C(O)C1=C(S(=O)(=O)Nc2ccc(F)cc2F)CCCC1. The Morgan fingerprint density at radius 3 is 2.48 bits per heavy atom. The van der Waals surface area contributed by atoms with Crippen molar-refractivity contribution in [2.45, 2.75) is 25.7 Å². The molecule has 8 heteroatoms. The molecular weight excluding hydrogens is 304 g/mol. The number of aliphatic carboxylic acids is 1. The fourth-order valence-electron chi connectivity index (χ4n) is 2.18. The minimum absolute atomic E-state index is 0.0831. The van der Waals surface area contributed by atoms with Crippen LogP contribution in [-0.4, -0.2) is 19.5 Å². The van der Waals surface area contributed by atoms with Crippen LogP contribution in [0, 0.1) is 11.6 Å². The van der Waals surface area contributed by atoms with Crippen LogP contribution in [-0.2, 0) is 14.8 Å². The van der Waals surface area contributed by atoms with Gasteiger partial charge in [0.05, 0.1) is 16.2 Å². The molecule has 1 aliphatic carbocycles. The Hall–Kier alpha value is -1.96. The van der Waals surface area contributed by atoms with Crippen molar-refractivity contribution in [2.24, 2.45) is 0 Å². The lowest BCUT2D eigenvalue weighted by Gasteiger charge is -2.18. The lowest BCUT2D eigenvalue weighted by Crippen LogP contribution is -2.22. The van der Waals surface area contributed by atoms with Crippen molar-refractivity contribution < 1.29 is 27.1 Å². The van der Waals surface area contributed by atoms with Gasteiger partial charge in [-0.3, -0.25) is 4.72 Å². The Morgan fingerprint density at radius 1 is 1.19 bits per heavy atom. The number of allylic oxidation sites excluding steroid dienone is 1. The van der Waals surface area contributed by atoms with Crippen LogP contribution in [0.25, 0.3) is 0 Å². The standard InChI is InChI=1S/C13H13F2NO4S/c14-8-5-6-11(10(15)7-8)16-21(19,20)12-4-2-1-3-9(12)13(17)18/h5-7,16H,1-4H2,(H,17,18). The van der Waals surface area contributed by atoms with Gasteiger partial charge >= 0.3 is 5.97 Å². The van der Waals surface area contributed by atoms with E-state index >= 15 is 0 Å². The Kier molecular flexibility index (Phi) is 4.26. The van der Waals surface area contributed by atoms with E-state index < -0.39 is 33.3 Å². The zero-order valence-electron chi connectivity index (χ0n) is 10.9. The monoisotopic (exact) mass is 317 g/mol. The van der Waals surface area contributed by atoms with Crippen LogP contribution in [0.4, 0.5) is 14.5 Å². The Balaban J connectivity index is 2.39. The third-order valence-electron chi connectivity index (χ3n) is 3.18. The summed E-state index contributed by atoms with van der Waals surface area (Å²) in [6, 6.07) is 2.41. The number of carbonyl (C=O) groups is 1. The molecule has 0 atom stereocenters. The second-order valence-electron chi connectivity index (χ2n) is 4.64. The predicted octanol–water partition coefficient (Wildman–Crippen LogP) is 2.62. The summed E-state index contributed by atoms with van der Waals surface area (Å²) in [7, 11) is -4.18. The van der Waals surface area contributed by atoms with E-state index in [9.17, 15) is 22.0 Å². The third kappa shape index (κ3) is 3.38. The van der Waals surface area contributed by atoms with Crippen molar-refractivity contribution in [2.75, 3.05) is 4.72 Å². The molecule has 1 aromatic carbocycles. The number of halogens is 2. The van der Waals surface area contributed by atoms with E-state index in [0.29, 0.717) is 18.9 Å². The number of sulfonamides is 1. The Labute approximate surface area is 120 Å². The van der Waals surface area contributed by atoms with Gasteiger partial charge in [-0.05, 0) is 37.8 Å². The van der Waals surface area contributed by atoms with Crippen LogP contribution < -0.4 is 4.72 Å². The van der Waals surface area contributed by atoms with Crippen LogP contribution in [0.2, 0.25) is 0 Å². The highest BCUT2D eigenvalue weighted by molar-refractivity contribution is 7.96. The van der Waals surface area contributed by atoms with E-state index in [0.717, 1.165) is 12.1 Å². The van der Waals surface area contributed by atoms with E-state index in [2.05, 4.69) is 0 Å². The maximum absolute atomic E-state index is 13.5. The van der Waals surface area contributed by atoms with Gasteiger partial charge in [-0.25, -0.2) is 22.0 Å². The zero-order valence-corrected chi connectivity index (χ0v) is 11.7. The molecule has 0 bridgehead atoms. The molecule has 0 radical (unpaired) electrons. The molecule has 0 saturated carbocycles. The molecule has 0 fully saturated rings. The third-order valence-corrected chi connectivity index (χ3v) is 4.76. The second-order valence-corrected chi connectivity index (χ2v) is 6.35. The zero-order chi connectivity index (χ0) is 15.6. The number of carboxylic acid groups (broad SMARTS) is 1. The fourth-order valence-corrected chi connectivity index (χ4v) is 3.68. The highest BCUT2D eigenvalue weighted by Crippen LogP contribution is 2.30. The summed E-state index contributed by atoms with van der Waals surface area (Å²) in [6.45, 7) is 0. The normalized spacial score (nSPS) is 15.9. The first kappa shape index (κ1) is 15.4. The molecule has 114 valence electrons. The number of benzene rings is 1. The summed E-state index contributed by atoms with van der Waals surface area (Å²) < 4.78 is 52.7. The number of nitrogens with one attached hydrogen (secondary N) is 1. The van der Waals surface area contributed by atoms with Crippen LogP contribution in [0.1, 0.15) is 25.7 Å². The maximum Gasteiger partial charge on any atom is 0.332 e. The number of carboxylic acids is 1. The van der Waals surface area contributed by atoms with E-state index in [1.165, 1.54) is 0 Å². The summed E-state index contributed by atoms with van der Waals surface area (Å²) in [5.74, 6) is -3.19. The number of hydrogen-bond acceptors (Lipinski definition) is 3. The average molecular weight is 317 g/mol. The summed E-state index contributed by atoms with van der Waals surface area (Å²) in [5, 5.41) is 9.06. The van der Waals surface area contributed by atoms with Crippen LogP contribution in [0.15, 0.2) is 28.7 Å². The predicted molar refractivity (Wildman–Crippen MR) is 72.0 cm³/mol. The van der Waals surface area contributed by atoms with Crippen molar-refractivity contribution in [3.63, 3.8) is 0 Å². The molecule has 1 aliphatic rings. The highest BCUT2D eigenvalue weighted by atomic mass is 32.2. The molecule has 0 heterocycles. The van der Waals surface area contributed by atoms with Crippen molar-refractivity contribution in [3.8, 4) is 0 Å². The Morgan fingerprint density at radius 2 is 1.86 bits per heavy atom. The number of rotatable bonds is 4. The summed E-state index contributed by atoms with van der Waals surface area (Å²) >= 11 is 0. The van der Waals surface area contributed by atoms with Gasteiger partial charge in [-0.2, -0.15) is 0 Å². The van der Waals surface area contributed by atoms with Gasteiger partial charge in [0.1, 0.15) is 11.6 Å². The summed E-state index contributed by atoms with van der Waals surface area (Å²) in [5.41, 5.74) is -0.601. The molecule has 0 spiro atoms. The van der Waals surface area contributed by atoms with Crippen LogP contribution in [0.5, 0.6) is 0 Å². The molecule has 2 N–H and O–H groups in total. The fraction of sp³-hybridized carbons (Fsp3) is 0.308. The largest absolute Gasteiger partial charge is 0.478 e. The lowest BCUT2D eigenvalue weighted by molar-refractivity contribution is -0.132. The van der Waals surface area contributed by atoms with Gasteiger partial charge in [-0.15, -0.1) is 0 Å². The molecule has 0 aliphatic heterocycles. The van der Waals surface area contributed by atoms with Crippen LogP contribution in [0.3, 0.4) is 0 Å². The molecule has 0 unspecified atom stereocenters. The molecular formula is C13H13F2NO4S. The smallest absolute Gasteiger partial charge is 0.332 e. The topological polar surface area (TPSA) is 83.5 Å². The molecule has 5 nitrogen and oxygen atoms in total. The van der Waals surface area contributed by atoms with Gasteiger partial charge < -0.3 is 5.11 Å². The summed E-state index contributed by atoms with van der Waals surface area (Å²) in [4.78, 5) is 10.9. The van der Waals surface area contributed by atoms with E-state index in [1.54, 1.807) is 0 Å². The first-order chi connectivity index (χ1) is 9.81. The second kappa shape index (κ2) is 5.80. The minimum atomic E-state index is -4.18. The van der Waals surface area contributed by atoms with Gasteiger partial charge in [0.15, 0.2) is 0 Å². The van der Waals surface area contributed by atoms with Gasteiger partial charge in [0, 0.05) is 6.07 Å². The minimum Gasteiger partial charge on any atom is -0.478 e. The molecule has 0 saturated heterocycles. The quantitative estimate of drug-likeness (QED) is 0.894. The van der Waals surface area contributed by atoms with Gasteiger partial charge in [0.2, 0.25) is 0 Å². The average Bonchev–Trinajstić information content (AvgIpc) is 2.42. The van der Waals surface area contributed by atoms with Gasteiger partial charge in [-0.1, -0.05) is 0 Å². The van der Waals surface area contributed by atoms with E-state index in [4.69, 9.17) is 5.11 Å². The van der Waals surface area contributed by atoms with Crippen molar-refractivity contribution in [1.82, 2.24) is 0 Å². The molecule has 0 amide bonds. The van der Waals surface area contributed by atoms with Crippen LogP contribution >= 0.6 is 0 Å². The van der Waals surface area contributed by atoms with Gasteiger partial charge in [0.25, 0.3) is 10.0 Å². The molecule has 2 rings (SSSR count). The van der Waals surface area contributed by atoms with Crippen molar-refractivity contribution in [1.29, 1.82) is 0 Å². The van der Waals surface area contributed by atoms with Crippen molar-refractivity contribution in [3.05, 3.63) is 40.3 Å². The molecule has 0 aromatic heterocycles. The van der Waals surface area contributed by atoms with E-state index in [1.807, 2.05) is 4.72 Å². The molecule has 1 aromatic rings. The maximum atomic E-state index is 13.5. The lowest BCUT2D eigenvalue weighted by atomic mass is 9.99. The molecule has 21 heavy (non-hydrogen) atoms. The first-order valence-electron chi connectivity index (χ1n) is 6.24. The van der Waals surface area contributed by atoms with Crippen molar-refractivity contribution >= 4 is 21.7 Å². The first-order valence-corrected chi connectivity index (χ1v) is 7.73. The summed E-state index contributed by atoms with van der Waals surface area (Å²) in [6.07, 6.45) is 1.36. The Bertz CT molecular complexity index is 713.